The van der Waals surface area contributed by atoms with Crippen molar-refractivity contribution in [2.24, 2.45) is 0 Å². The van der Waals surface area contributed by atoms with Gasteiger partial charge in [-0.25, -0.2) is 0 Å². The quantitative estimate of drug-likeness (QED) is 0.601. The van der Waals surface area contributed by atoms with Gasteiger partial charge < -0.3 is 9.73 Å². The lowest BCUT2D eigenvalue weighted by Crippen LogP contribution is -2.24. The second kappa shape index (κ2) is 7.38. The fourth-order valence-corrected chi connectivity index (χ4v) is 1.92. The van der Waals surface area contributed by atoms with E-state index < -0.39 is 0 Å². The number of unbranched alkanes of at least 4 members (excludes halogenated alkanes) is 3. The lowest BCUT2D eigenvalue weighted by molar-refractivity contribution is 0.0951. The minimum Gasteiger partial charge on any atom is -0.466 e. The van der Waals surface area contributed by atoms with Crippen molar-refractivity contribution in [1.29, 1.82) is 0 Å². The third kappa shape index (κ3) is 4.82. The van der Waals surface area contributed by atoms with Crippen LogP contribution in [0, 0.1) is 13.8 Å². The first kappa shape index (κ1) is 14.1. The summed E-state index contributed by atoms with van der Waals surface area (Å²) in [7, 11) is 0. The summed E-state index contributed by atoms with van der Waals surface area (Å²) in [5, 5.41) is 2.90. The van der Waals surface area contributed by atoms with Crippen LogP contribution in [0.1, 0.15) is 47.6 Å². The maximum atomic E-state index is 11.8. The van der Waals surface area contributed by atoms with Gasteiger partial charge in [0.15, 0.2) is 0 Å². The third-order valence-corrected chi connectivity index (χ3v) is 2.90. The van der Waals surface area contributed by atoms with Crippen molar-refractivity contribution in [3.8, 4) is 0 Å². The van der Waals surface area contributed by atoms with Gasteiger partial charge in [-0.1, -0.05) is 12.8 Å². The maximum absolute atomic E-state index is 11.8. The van der Waals surface area contributed by atoms with E-state index in [1.165, 1.54) is 0 Å². The molecule has 0 fully saturated rings. The van der Waals surface area contributed by atoms with Crippen molar-refractivity contribution in [3.63, 3.8) is 0 Å². The van der Waals surface area contributed by atoms with Crippen LogP contribution in [0.25, 0.3) is 0 Å². The molecule has 0 aliphatic carbocycles. The van der Waals surface area contributed by atoms with E-state index in [2.05, 4.69) is 5.32 Å². The number of aryl methyl sites for hydroxylation is 2. The normalized spacial score (nSPS) is 10.5. The Hall–Kier alpha value is -0.960. The molecule has 0 radical (unpaired) electrons. The number of furan rings is 1. The fourth-order valence-electron chi connectivity index (χ4n) is 1.73. The smallest absolute Gasteiger partial charge is 0.254 e. The number of carbonyl (C=O) groups excluding carboxylic acids is 1. The number of halogens is 1. The molecule has 0 aromatic carbocycles. The summed E-state index contributed by atoms with van der Waals surface area (Å²) < 4.78 is 5.32. The summed E-state index contributed by atoms with van der Waals surface area (Å²) in [5.74, 6) is 2.13. The topological polar surface area (TPSA) is 42.2 Å². The fraction of sp³-hybridized carbons (Fsp3) is 0.615. The Kier molecular flexibility index (Phi) is 6.12. The number of amides is 1. The predicted octanol–water partition coefficient (Wildman–Crippen LogP) is 3.43. The SMILES string of the molecule is Cc1cc(C(=O)NCCCCCCCl)c(C)o1. The zero-order valence-corrected chi connectivity index (χ0v) is 11.3. The van der Waals surface area contributed by atoms with Crippen molar-refractivity contribution in [2.45, 2.75) is 39.5 Å². The van der Waals surface area contributed by atoms with Crippen LogP contribution >= 0.6 is 11.6 Å². The molecule has 1 amide bonds. The Morgan fingerprint density at radius 1 is 1.29 bits per heavy atom. The van der Waals surface area contributed by atoms with Crippen molar-refractivity contribution >= 4 is 17.5 Å². The second-order valence-electron chi connectivity index (χ2n) is 4.19. The van der Waals surface area contributed by atoms with Crippen LogP contribution in [-0.2, 0) is 0 Å². The van der Waals surface area contributed by atoms with Crippen molar-refractivity contribution < 1.29 is 9.21 Å². The monoisotopic (exact) mass is 257 g/mol. The summed E-state index contributed by atoms with van der Waals surface area (Å²) in [6.45, 7) is 4.36. The van der Waals surface area contributed by atoms with Crippen LogP contribution in [0.5, 0.6) is 0 Å². The number of hydrogen-bond donors (Lipinski definition) is 1. The number of rotatable bonds is 7. The van der Waals surface area contributed by atoms with E-state index in [4.69, 9.17) is 16.0 Å². The molecule has 4 heteroatoms. The van der Waals surface area contributed by atoms with E-state index in [0.29, 0.717) is 17.9 Å². The van der Waals surface area contributed by atoms with Gasteiger partial charge >= 0.3 is 0 Å². The Bertz CT molecular complexity index is 360. The minimum atomic E-state index is -0.0447. The molecule has 3 nitrogen and oxygen atoms in total. The molecule has 96 valence electrons. The van der Waals surface area contributed by atoms with Gasteiger partial charge in [0.05, 0.1) is 5.56 Å². The zero-order chi connectivity index (χ0) is 12.7. The van der Waals surface area contributed by atoms with Crippen LogP contribution in [-0.4, -0.2) is 18.3 Å². The molecular weight excluding hydrogens is 238 g/mol. The third-order valence-electron chi connectivity index (χ3n) is 2.63. The molecule has 0 unspecified atom stereocenters. The molecule has 0 saturated carbocycles. The molecule has 1 aromatic rings. The average Bonchev–Trinajstić information content (AvgIpc) is 2.62. The summed E-state index contributed by atoms with van der Waals surface area (Å²) in [6, 6.07) is 1.78. The highest BCUT2D eigenvalue weighted by molar-refractivity contribution is 6.17. The lowest BCUT2D eigenvalue weighted by Gasteiger charge is -2.03. The van der Waals surface area contributed by atoms with Gasteiger partial charge in [-0.15, -0.1) is 11.6 Å². The van der Waals surface area contributed by atoms with Crippen LogP contribution in [0.3, 0.4) is 0 Å². The predicted molar refractivity (Wildman–Crippen MR) is 69.7 cm³/mol. The van der Waals surface area contributed by atoms with E-state index in [-0.39, 0.29) is 5.91 Å². The van der Waals surface area contributed by atoms with E-state index in [9.17, 15) is 4.79 Å². The van der Waals surface area contributed by atoms with Gasteiger partial charge in [0.2, 0.25) is 0 Å². The molecule has 17 heavy (non-hydrogen) atoms. The Morgan fingerprint density at radius 3 is 2.59 bits per heavy atom. The number of nitrogens with one attached hydrogen (secondary N) is 1. The first-order chi connectivity index (χ1) is 8.15. The molecule has 0 saturated heterocycles. The molecule has 1 heterocycles. The van der Waals surface area contributed by atoms with E-state index in [0.717, 1.165) is 37.3 Å². The molecule has 1 N–H and O–H groups in total. The Labute approximate surface area is 108 Å². The average molecular weight is 258 g/mol. The van der Waals surface area contributed by atoms with E-state index >= 15 is 0 Å². The van der Waals surface area contributed by atoms with Gasteiger partial charge in [-0.2, -0.15) is 0 Å². The zero-order valence-electron chi connectivity index (χ0n) is 10.5. The number of carbonyl (C=O) groups is 1. The standard InChI is InChI=1S/C13H20ClNO2/c1-10-9-12(11(2)17-10)13(16)15-8-6-4-3-5-7-14/h9H,3-8H2,1-2H3,(H,15,16). The van der Waals surface area contributed by atoms with Crippen LogP contribution in [0.15, 0.2) is 10.5 Å². The van der Waals surface area contributed by atoms with Gasteiger partial charge in [-0.05, 0) is 32.8 Å². The van der Waals surface area contributed by atoms with Gasteiger partial charge in [0.1, 0.15) is 11.5 Å². The first-order valence-electron chi connectivity index (χ1n) is 6.06. The highest BCUT2D eigenvalue weighted by Crippen LogP contribution is 2.13. The van der Waals surface area contributed by atoms with Gasteiger partial charge in [-0.3, -0.25) is 4.79 Å². The van der Waals surface area contributed by atoms with Crippen LogP contribution < -0.4 is 5.32 Å². The number of alkyl halides is 1. The lowest BCUT2D eigenvalue weighted by atomic mass is 10.2. The Morgan fingerprint density at radius 2 is 2.00 bits per heavy atom. The second-order valence-corrected chi connectivity index (χ2v) is 4.56. The van der Waals surface area contributed by atoms with E-state index in [1.807, 2.05) is 13.8 Å². The molecule has 0 aliphatic heterocycles. The first-order valence-corrected chi connectivity index (χ1v) is 6.60. The van der Waals surface area contributed by atoms with Crippen molar-refractivity contribution in [2.75, 3.05) is 12.4 Å². The highest BCUT2D eigenvalue weighted by atomic mass is 35.5. The molecule has 1 aromatic heterocycles. The molecule has 0 atom stereocenters. The largest absolute Gasteiger partial charge is 0.466 e. The molecule has 1 rings (SSSR count). The summed E-state index contributed by atoms with van der Waals surface area (Å²) >= 11 is 5.58. The molecule has 0 aliphatic rings. The van der Waals surface area contributed by atoms with Crippen molar-refractivity contribution in [1.82, 2.24) is 5.32 Å². The van der Waals surface area contributed by atoms with Crippen molar-refractivity contribution in [3.05, 3.63) is 23.2 Å². The molecule has 0 spiro atoms. The Balaban J connectivity index is 2.23. The number of hydrogen-bond acceptors (Lipinski definition) is 2. The summed E-state index contributed by atoms with van der Waals surface area (Å²) in [6.07, 6.45) is 4.29. The highest BCUT2D eigenvalue weighted by Gasteiger charge is 2.12. The van der Waals surface area contributed by atoms with Gasteiger partial charge in [0, 0.05) is 12.4 Å². The summed E-state index contributed by atoms with van der Waals surface area (Å²) in [5.41, 5.74) is 0.642. The molecular formula is C13H20ClNO2. The van der Waals surface area contributed by atoms with Crippen LogP contribution in [0.4, 0.5) is 0 Å². The molecule has 0 bridgehead atoms. The summed E-state index contributed by atoms with van der Waals surface area (Å²) in [4.78, 5) is 11.8. The van der Waals surface area contributed by atoms with E-state index in [1.54, 1.807) is 6.07 Å². The maximum Gasteiger partial charge on any atom is 0.254 e. The van der Waals surface area contributed by atoms with Crippen LogP contribution in [0.2, 0.25) is 0 Å². The minimum absolute atomic E-state index is 0.0447. The van der Waals surface area contributed by atoms with Gasteiger partial charge in [0.25, 0.3) is 5.91 Å².